The molecule has 0 unspecified atom stereocenters. The van der Waals surface area contributed by atoms with Gasteiger partial charge < -0.3 is 10.3 Å². The average molecular weight is 381 g/mol. The molecule has 2 N–H and O–H groups in total. The summed E-state index contributed by atoms with van der Waals surface area (Å²) in [6.07, 6.45) is 2.74. The van der Waals surface area contributed by atoms with E-state index in [0.717, 1.165) is 11.9 Å². The zero-order valence-electron chi connectivity index (χ0n) is 13.1. The van der Waals surface area contributed by atoms with Crippen molar-refractivity contribution in [2.45, 2.75) is 19.4 Å². The molecule has 1 amide bonds. The second-order valence-electron chi connectivity index (χ2n) is 5.57. The molecule has 3 rings (SSSR count). The molecule has 0 radical (unpaired) electrons. The number of carbonyl (C=O) groups is 1. The second-order valence-corrected chi connectivity index (χ2v) is 6.38. The van der Waals surface area contributed by atoms with Gasteiger partial charge in [0.15, 0.2) is 0 Å². The highest BCUT2D eigenvalue weighted by Crippen LogP contribution is 2.23. The summed E-state index contributed by atoms with van der Waals surface area (Å²) < 4.78 is 0. The number of carbonyl (C=O) groups excluding carboxylic acids is 1. The van der Waals surface area contributed by atoms with Gasteiger partial charge in [0.05, 0.1) is 10.0 Å². The monoisotopic (exact) mass is 380 g/mol. The highest BCUT2D eigenvalue weighted by molar-refractivity contribution is 7.59. The van der Waals surface area contributed by atoms with E-state index in [-0.39, 0.29) is 25.4 Å². The van der Waals surface area contributed by atoms with Gasteiger partial charge in [0.1, 0.15) is 0 Å². The Balaban J connectivity index is 0.00000208. The third-order valence-electron chi connectivity index (χ3n) is 3.76. The fourth-order valence-corrected chi connectivity index (χ4v) is 2.92. The van der Waals surface area contributed by atoms with Gasteiger partial charge in [0.25, 0.3) is 5.91 Å². The quantitative estimate of drug-likeness (QED) is 0.660. The largest absolute Gasteiger partial charge is 0.361 e. The fourth-order valence-electron chi connectivity index (χ4n) is 2.63. The average Bonchev–Trinajstić information content (AvgIpc) is 2.93. The van der Waals surface area contributed by atoms with Crippen LogP contribution < -0.4 is 5.32 Å². The van der Waals surface area contributed by atoms with E-state index in [1.165, 1.54) is 10.9 Å². The number of halogens is 2. The molecule has 0 fully saturated rings. The first-order valence-corrected chi connectivity index (χ1v) is 8.11. The molecule has 0 bridgehead atoms. The minimum absolute atomic E-state index is 0. The van der Waals surface area contributed by atoms with Gasteiger partial charge in [0, 0.05) is 28.7 Å². The molecule has 0 aliphatic carbocycles. The first-order chi connectivity index (χ1) is 11.0. The van der Waals surface area contributed by atoms with E-state index in [2.05, 4.69) is 16.4 Å². The van der Waals surface area contributed by atoms with E-state index in [0.29, 0.717) is 15.6 Å². The van der Waals surface area contributed by atoms with Crippen LogP contribution in [0, 0.1) is 0 Å². The third-order valence-corrected chi connectivity index (χ3v) is 4.50. The van der Waals surface area contributed by atoms with Crippen molar-refractivity contribution in [1.82, 2.24) is 10.3 Å². The summed E-state index contributed by atoms with van der Waals surface area (Å²) in [6.45, 7) is 1.98. The Bertz CT molecular complexity index is 863. The number of amides is 1. The number of hydrogen-bond acceptors (Lipinski definition) is 1. The molecule has 3 aromatic rings. The van der Waals surface area contributed by atoms with Crippen LogP contribution in [0.5, 0.6) is 0 Å². The van der Waals surface area contributed by atoms with Crippen LogP contribution in [0.1, 0.15) is 22.8 Å². The van der Waals surface area contributed by atoms with Crippen molar-refractivity contribution in [2.24, 2.45) is 0 Å². The maximum Gasteiger partial charge on any atom is 0.251 e. The predicted molar refractivity (Wildman–Crippen MR) is 106 cm³/mol. The summed E-state index contributed by atoms with van der Waals surface area (Å²) >= 11 is 11.8. The van der Waals surface area contributed by atoms with E-state index in [1.54, 1.807) is 18.2 Å². The Morgan fingerprint density at radius 3 is 2.67 bits per heavy atom. The Morgan fingerprint density at radius 1 is 1.17 bits per heavy atom. The van der Waals surface area contributed by atoms with Crippen LogP contribution in [0.15, 0.2) is 48.7 Å². The van der Waals surface area contributed by atoms with Crippen LogP contribution in [-0.2, 0) is 6.42 Å². The molecule has 0 spiro atoms. The molecule has 2 aromatic carbocycles. The molecule has 0 aliphatic heterocycles. The molecule has 3 nitrogen and oxygen atoms in total. The molecule has 1 aromatic heterocycles. The number of hydrogen-bond donors (Lipinski definition) is 2. The number of para-hydroxylation sites is 1. The van der Waals surface area contributed by atoms with Crippen molar-refractivity contribution in [3.8, 4) is 0 Å². The van der Waals surface area contributed by atoms with Gasteiger partial charge in [0.2, 0.25) is 0 Å². The number of fused-ring (bicyclic) bond motifs is 1. The van der Waals surface area contributed by atoms with Gasteiger partial charge in [-0.2, -0.15) is 13.5 Å². The molecule has 6 heteroatoms. The lowest BCUT2D eigenvalue weighted by Gasteiger charge is -2.14. The van der Waals surface area contributed by atoms with Crippen LogP contribution in [0.25, 0.3) is 10.9 Å². The van der Waals surface area contributed by atoms with E-state index in [9.17, 15) is 4.79 Å². The first-order valence-electron chi connectivity index (χ1n) is 7.35. The summed E-state index contributed by atoms with van der Waals surface area (Å²) in [5.41, 5.74) is 2.79. The van der Waals surface area contributed by atoms with Crippen LogP contribution >= 0.6 is 36.7 Å². The lowest BCUT2D eigenvalue weighted by atomic mass is 10.1. The van der Waals surface area contributed by atoms with Crippen molar-refractivity contribution >= 4 is 53.5 Å². The molecular formula is C18H18Cl2N2OS. The maximum absolute atomic E-state index is 12.3. The number of rotatable bonds is 4. The molecule has 0 aliphatic rings. The van der Waals surface area contributed by atoms with Crippen LogP contribution in [-0.4, -0.2) is 16.9 Å². The molecule has 0 saturated carbocycles. The third kappa shape index (κ3) is 4.07. The molecule has 126 valence electrons. The first kappa shape index (κ1) is 18.7. The summed E-state index contributed by atoms with van der Waals surface area (Å²) in [7, 11) is 0. The Hall–Kier alpha value is -1.62. The second kappa shape index (κ2) is 7.97. The number of aromatic amines is 1. The molecule has 1 heterocycles. The SMILES string of the molecule is C[C@@H](Cc1c[nH]c2ccccc12)NC(=O)c1ccc(Cl)c(Cl)c1.S. The van der Waals surface area contributed by atoms with Gasteiger partial charge >= 0.3 is 0 Å². The zero-order valence-corrected chi connectivity index (χ0v) is 15.6. The Morgan fingerprint density at radius 2 is 1.92 bits per heavy atom. The van der Waals surface area contributed by atoms with Crippen molar-refractivity contribution in [3.63, 3.8) is 0 Å². The normalized spacial score (nSPS) is 11.8. The van der Waals surface area contributed by atoms with Gasteiger partial charge in [-0.3, -0.25) is 4.79 Å². The van der Waals surface area contributed by atoms with Crippen molar-refractivity contribution in [1.29, 1.82) is 0 Å². The Labute approximate surface area is 157 Å². The van der Waals surface area contributed by atoms with E-state index in [4.69, 9.17) is 23.2 Å². The summed E-state index contributed by atoms with van der Waals surface area (Å²) in [5.74, 6) is -0.157. The lowest BCUT2D eigenvalue weighted by molar-refractivity contribution is 0.0940. The van der Waals surface area contributed by atoms with Crippen molar-refractivity contribution in [3.05, 3.63) is 69.8 Å². The smallest absolute Gasteiger partial charge is 0.251 e. The maximum atomic E-state index is 12.3. The molecular weight excluding hydrogens is 363 g/mol. The topological polar surface area (TPSA) is 44.9 Å². The highest BCUT2D eigenvalue weighted by atomic mass is 35.5. The highest BCUT2D eigenvalue weighted by Gasteiger charge is 2.13. The van der Waals surface area contributed by atoms with Crippen LogP contribution in [0.4, 0.5) is 0 Å². The summed E-state index contributed by atoms with van der Waals surface area (Å²) in [4.78, 5) is 15.5. The number of benzene rings is 2. The van der Waals surface area contributed by atoms with E-state index < -0.39 is 0 Å². The van der Waals surface area contributed by atoms with Crippen molar-refractivity contribution < 1.29 is 4.79 Å². The molecule has 24 heavy (non-hydrogen) atoms. The fraction of sp³-hybridized carbons (Fsp3) is 0.167. The molecule has 1 atom stereocenters. The minimum atomic E-state index is -0.157. The summed E-state index contributed by atoms with van der Waals surface area (Å²) in [5, 5.41) is 4.99. The standard InChI is InChI=1S/C18H16Cl2N2O.H2S/c1-11(8-13-10-21-17-5-3-2-4-14(13)17)22-18(23)12-6-7-15(19)16(20)9-12;/h2-7,9-11,21H,8H2,1H3,(H,22,23);1H2/t11-;/m0./s1. The van der Waals surface area contributed by atoms with Crippen LogP contribution in [0.2, 0.25) is 10.0 Å². The molecule has 0 saturated heterocycles. The summed E-state index contributed by atoms with van der Waals surface area (Å²) in [6, 6.07) is 13.0. The number of H-pyrrole nitrogens is 1. The van der Waals surface area contributed by atoms with Gasteiger partial charge in [-0.05, 0) is 43.2 Å². The minimum Gasteiger partial charge on any atom is -0.361 e. The van der Waals surface area contributed by atoms with Crippen molar-refractivity contribution in [2.75, 3.05) is 0 Å². The van der Waals surface area contributed by atoms with Gasteiger partial charge in [-0.1, -0.05) is 41.4 Å². The zero-order chi connectivity index (χ0) is 16.4. The van der Waals surface area contributed by atoms with Gasteiger partial charge in [-0.25, -0.2) is 0 Å². The predicted octanol–water partition coefficient (Wildman–Crippen LogP) is 4.95. The van der Waals surface area contributed by atoms with Gasteiger partial charge in [-0.15, -0.1) is 0 Å². The van der Waals surface area contributed by atoms with Crippen LogP contribution in [0.3, 0.4) is 0 Å². The van der Waals surface area contributed by atoms with E-state index in [1.807, 2.05) is 31.3 Å². The number of aromatic nitrogens is 1. The van der Waals surface area contributed by atoms with E-state index >= 15 is 0 Å². The lowest BCUT2D eigenvalue weighted by Crippen LogP contribution is -2.34. The Kier molecular flexibility index (Phi) is 6.21. The number of nitrogens with one attached hydrogen (secondary N) is 2.